The summed E-state index contributed by atoms with van der Waals surface area (Å²) < 4.78 is 4.62. The third-order valence-electron chi connectivity index (χ3n) is 2.45. The van der Waals surface area contributed by atoms with Crippen molar-refractivity contribution in [3.63, 3.8) is 0 Å². The third-order valence-corrected chi connectivity index (χ3v) is 2.45. The quantitative estimate of drug-likeness (QED) is 0.839. The molecule has 0 atom stereocenters. The summed E-state index contributed by atoms with van der Waals surface area (Å²) in [5, 5.41) is 10.8. The Morgan fingerprint density at radius 2 is 2.00 bits per heavy atom. The first-order chi connectivity index (χ1) is 7.77. The van der Waals surface area contributed by atoms with E-state index in [-0.39, 0.29) is 0 Å². The van der Waals surface area contributed by atoms with Gasteiger partial charge in [0.2, 0.25) is 0 Å². The molecule has 0 saturated heterocycles. The third kappa shape index (κ3) is 2.43. The molecule has 0 fully saturated rings. The maximum atomic E-state index is 4.62. The standard InChI is InChI=1S/C11H14N4O/c1-8-4-3-5-13-10(8)6-12-7-11-9(2)14-16-15-11/h3-5,12H,6-7H2,1-2H3. The van der Waals surface area contributed by atoms with Gasteiger partial charge < -0.3 is 5.32 Å². The first-order valence-corrected chi connectivity index (χ1v) is 5.16. The Balaban J connectivity index is 1.89. The maximum absolute atomic E-state index is 4.62. The van der Waals surface area contributed by atoms with Crippen LogP contribution in [0.5, 0.6) is 0 Å². The van der Waals surface area contributed by atoms with Gasteiger partial charge in [-0.05, 0) is 25.5 Å². The Morgan fingerprint density at radius 1 is 1.19 bits per heavy atom. The molecule has 1 N–H and O–H groups in total. The van der Waals surface area contributed by atoms with Gasteiger partial charge in [-0.1, -0.05) is 16.4 Å². The maximum Gasteiger partial charge on any atom is 0.121 e. The van der Waals surface area contributed by atoms with Gasteiger partial charge in [-0.3, -0.25) is 4.98 Å². The first kappa shape index (κ1) is 10.8. The van der Waals surface area contributed by atoms with Crippen molar-refractivity contribution in [2.75, 3.05) is 0 Å². The summed E-state index contributed by atoms with van der Waals surface area (Å²) in [4.78, 5) is 4.30. The van der Waals surface area contributed by atoms with Gasteiger partial charge in [-0.2, -0.15) is 0 Å². The summed E-state index contributed by atoms with van der Waals surface area (Å²) in [5.41, 5.74) is 3.90. The van der Waals surface area contributed by atoms with E-state index in [0.717, 1.165) is 23.6 Å². The fourth-order valence-corrected chi connectivity index (χ4v) is 1.41. The molecule has 0 bridgehead atoms. The Hall–Kier alpha value is -1.75. The van der Waals surface area contributed by atoms with E-state index in [0.29, 0.717) is 6.54 Å². The van der Waals surface area contributed by atoms with Gasteiger partial charge in [-0.25, -0.2) is 4.63 Å². The number of pyridine rings is 1. The van der Waals surface area contributed by atoms with Crippen LogP contribution in [0.4, 0.5) is 0 Å². The number of nitrogens with zero attached hydrogens (tertiary/aromatic N) is 3. The van der Waals surface area contributed by atoms with Crippen LogP contribution in [0.2, 0.25) is 0 Å². The zero-order valence-corrected chi connectivity index (χ0v) is 9.40. The fourth-order valence-electron chi connectivity index (χ4n) is 1.41. The van der Waals surface area contributed by atoms with E-state index in [9.17, 15) is 0 Å². The number of hydrogen-bond acceptors (Lipinski definition) is 5. The van der Waals surface area contributed by atoms with Gasteiger partial charge in [0.15, 0.2) is 0 Å². The highest BCUT2D eigenvalue weighted by atomic mass is 16.6. The molecular formula is C11H14N4O. The summed E-state index contributed by atoms with van der Waals surface area (Å²) in [6, 6.07) is 3.98. The Labute approximate surface area is 93.9 Å². The van der Waals surface area contributed by atoms with E-state index in [1.807, 2.05) is 26.0 Å². The van der Waals surface area contributed by atoms with Crippen LogP contribution in [0, 0.1) is 13.8 Å². The number of aromatic nitrogens is 3. The van der Waals surface area contributed by atoms with Crippen LogP contribution in [-0.4, -0.2) is 15.3 Å². The van der Waals surface area contributed by atoms with E-state index >= 15 is 0 Å². The molecule has 0 amide bonds. The molecule has 5 nitrogen and oxygen atoms in total. The molecule has 0 aliphatic heterocycles. The van der Waals surface area contributed by atoms with Crippen LogP contribution in [0.25, 0.3) is 0 Å². The van der Waals surface area contributed by atoms with Crippen molar-refractivity contribution in [2.24, 2.45) is 0 Å². The number of rotatable bonds is 4. The zero-order valence-electron chi connectivity index (χ0n) is 9.40. The molecule has 0 aromatic carbocycles. The van der Waals surface area contributed by atoms with Crippen molar-refractivity contribution in [1.29, 1.82) is 0 Å². The van der Waals surface area contributed by atoms with E-state index in [4.69, 9.17) is 0 Å². The highest BCUT2D eigenvalue weighted by Gasteiger charge is 2.04. The molecule has 0 aliphatic carbocycles. The van der Waals surface area contributed by atoms with Crippen LogP contribution in [0.1, 0.15) is 22.6 Å². The molecule has 84 valence electrons. The molecule has 5 heteroatoms. The Morgan fingerprint density at radius 3 is 2.69 bits per heavy atom. The van der Waals surface area contributed by atoms with Crippen molar-refractivity contribution in [3.05, 3.63) is 41.0 Å². The van der Waals surface area contributed by atoms with E-state index in [1.54, 1.807) is 6.20 Å². The van der Waals surface area contributed by atoms with Gasteiger partial charge in [0.1, 0.15) is 11.4 Å². The van der Waals surface area contributed by atoms with Crippen LogP contribution in [-0.2, 0) is 13.1 Å². The van der Waals surface area contributed by atoms with Gasteiger partial charge in [0, 0.05) is 19.3 Å². The van der Waals surface area contributed by atoms with Crippen molar-refractivity contribution < 1.29 is 4.63 Å². The zero-order chi connectivity index (χ0) is 11.4. The fraction of sp³-hybridized carbons (Fsp3) is 0.364. The van der Waals surface area contributed by atoms with Crippen molar-refractivity contribution in [3.8, 4) is 0 Å². The summed E-state index contributed by atoms with van der Waals surface area (Å²) >= 11 is 0. The highest BCUT2D eigenvalue weighted by molar-refractivity contribution is 5.17. The molecule has 0 unspecified atom stereocenters. The molecule has 2 rings (SSSR count). The van der Waals surface area contributed by atoms with E-state index in [2.05, 4.69) is 25.2 Å². The normalized spacial score (nSPS) is 10.6. The predicted octanol–water partition coefficient (Wildman–Crippen LogP) is 1.37. The van der Waals surface area contributed by atoms with Gasteiger partial charge in [-0.15, -0.1) is 0 Å². The minimum Gasteiger partial charge on any atom is -0.305 e. The molecule has 2 heterocycles. The largest absolute Gasteiger partial charge is 0.305 e. The van der Waals surface area contributed by atoms with Gasteiger partial charge in [0.05, 0.1) is 5.69 Å². The van der Waals surface area contributed by atoms with Crippen LogP contribution in [0.3, 0.4) is 0 Å². The lowest BCUT2D eigenvalue weighted by Crippen LogP contribution is -2.15. The van der Waals surface area contributed by atoms with Crippen LogP contribution >= 0.6 is 0 Å². The molecular weight excluding hydrogens is 204 g/mol. The van der Waals surface area contributed by atoms with Crippen LogP contribution in [0.15, 0.2) is 23.0 Å². The average Bonchev–Trinajstić information content (AvgIpc) is 2.67. The van der Waals surface area contributed by atoms with Crippen molar-refractivity contribution in [1.82, 2.24) is 20.6 Å². The van der Waals surface area contributed by atoms with Crippen LogP contribution < -0.4 is 5.32 Å². The van der Waals surface area contributed by atoms with Gasteiger partial charge in [0.25, 0.3) is 0 Å². The second-order valence-electron chi connectivity index (χ2n) is 3.67. The Kier molecular flexibility index (Phi) is 3.26. The lowest BCUT2D eigenvalue weighted by Gasteiger charge is -2.04. The number of nitrogens with one attached hydrogen (secondary N) is 1. The number of aryl methyl sites for hydroxylation is 2. The SMILES string of the molecule is Cc1cccnc1CNCc1nonc1C. The summed E-state index contributed by atoms with van der Waals surface area (Å²) in [5.74, 6) is 0. The second kappa shape index (κ2) is 4.85. The first-order valence-electron chi connectivity index (χ1n) is 5.16. The lowest BCUT2D eigenvalue weighted by atomic mass is 10.2. The monoisotopic (exact) mass is 218 g/mol. The molecule has 16 heavy (non-hydrogen) atoms. The van der Waals surface area contributed by atoms with E-state index in [1.165, 1.54) is 5.56 Å². The number of hydrogen-bond donors (Lipinski definition) is 1. The molecule has 0 saturated carbocycles. The smallest absolute Gasteiger partial charge is 0.121 e. The predicted molar refractivity (Wildman–Crippen MR) is 58.6 cm³/mol. The minimum absolute atomic E-state index is 0.644. The highest BCUT2D eigenvalue weighted by Crippen LogP contribution is 2.04. The molecule has 2 aromatic heterocycles. The van der Waals surface area contributed by atoms with Crippen molar-refractivity contribution >= 4 is 0 Å². The lowest BCUT2D eigenvalue weighted by molar-refractivity contribution is 0.300. The summed E-state index contributed by atoms with van der Waals surface area (Å²) in [7, 11) is 0. The van der Waals surface area contributed by atoms with E-state index < -0.39 is 0 Å². The topological polar surface area (TPSA) is 63.8 Å². The van der Waals surface area contributed by atoms with Crippen molar-refractivity contribution in [2.45, 2.75) is 26.9 Å². The van der Waals surface area contributed by atoms with Gasteiger partial charge >= 0.3 is 0 Å². The molecule has 0 spiro atoms. The Bertz CT molecular complexity index is 467. The molecule has 0 radical (unpaired) electrons. The molecule has 2 aromatic rings. The minimum atomic E-state index is 0.644. The summed E-state index contributed by atoms with van der Waals surface area (Å²) in [6.07, 6.45) is 1.80. The summed E-state index contributed by atoms with van der Waals surface area (Å²) in [6.45, 7) is 5.29. The second-order valence-corrected chi connectivity index (χ2v) is 3.67. The molecule has 0 aliphatic rings. The average molecular weight is 218 g/mol.